The summed E-state index contributed by atoms with van der Waals surface area (Å²) in [6, 6.07) is 4.91. The lowest BCUT2D eigenvalue weighted by molar-refractivity contribution is -0.384. The van der Waals surface area contributed by atoms with E-state index in [2.05, 4.69) is 22.0 Å². The van der Waals surface area contributed by atoms with Crippen LogP contribution < -0.4 is 5.32 Å². The van der Waals surface area contributed by atoms with Gasteiger partial charge in [0.2, 0.25) is 0 Å². The Morgan fingerprint density at radius 3 is 2.38 bits per heavy atom. The normalized spacial score (nSPS) is 16.3. The number of ether oxygens (including phenoxy) is 1. The maximum Gasteiger partial charge on any atom is 0.412 e. The van der Waals surface area contributed by atoms with Crippen molar-refractivity contribution in [3.8, 4) is 0 Å². The fraction of sp³-hybridized carbons (Fsp3) is 0.611. The summed E-state index contributed by atoms with van der Waals surface area (Å²) in [7, 11) is 0. The predicted molar refractivity (Wildman–Crippen MR) is 100 cm³/mol. The van der Waals surface area contributed by atoms with Crippen LogP contribution in [0.15, 0.2) is 18.2 Å². The van der Waals surface area contributed by atoms with E-state index in [1.165, 1.54) is 6.07 Å². The molecule has 8 nitrogen and oxygen atoms in total. The van der Waals surface area contributed by atoms with Crippen LogP contribution in [0.3, 0.4) is 0 Å². The van der Waals surface area contributed by atoms with Gasteiger partial charge in [0.1, 0.15) is 11.3 Å². The van der Waals surface area contributed by atoms with E-state index in [0.29, 0.717) is 6.54 Å². The molecule has 1 aromatic rings. The van der Waals surface area contributed by atoms with Gasteiger partial charge in [0.25, 0.3) is 5.69 Å². The van der Waals surface area contributed by atoms with Crippen molar-refractivity contribution in [1.29, 1.82) is 0 Å². The van der Waals surface area contributed by atoms with Crippen molar-refractivity contribution in [2.75, 3.05) is 38.0 Å². The van der Waals surface area contributed by atoms with Crippen LogP contribution in [0.25, 0.3) is 0 Å². The first-order valence-electron chi connectivity index (χ1n) is 8.90. The second-order valence-electron chi connectivity index (χ2n) is 7.45. The highest BCUT2D eigenvalue weighted by molar-refractivity contribution is 5.88. The minimum absolute atomic E-state index is 0.124. The summed E-state index contributed by atoms with van der Waals surface area (Å²) in [4.78, 5) is 27.5. The minimum Gasteiger partial charge on any atom is -0.444 e. The van der Waals surface area contributed by atoms with E-state index in [1.807, 2.05) is 6.07 Å². The summed E-state index contributed by atoms with van der Waals surface area (Å²) < 4.78 is 5.16. The highest BCUT2D eigenvalue weighted by Crippen LogP contribution is 2.27. The largest absolute Gasteiger partial charge is 0.444 e. The highest BCUT2D eigenvalue weighted by atomic mass is 16.6. The van der Waals surface area contributed by atoms with Crippen molar-refractivity contribution in [1.82, 2.24) is 9.80 Å². The van der Waals surface area contributed by atoms with Crippen molar-refractivity contribution in [2.45, 2.75) is 39.8 Å². The number of carbonyl (C=O) groups excluding carboxylic acids is 1. The van der Waals surface area contributed by atoms with Gasteiger partial charge in [-0.1, -0.05) is 13.0 Å². The third-order valence-electron chi connectivity index (χ3n) is 4.21. The van der Waals surface area contributed by atoms with Crippen LogP contribution in [-0.2, 0) is 11.3 Å². The molecule has 26 heavy (non-hydrogen) atoms. The van der Waals surface area contributed by atoms with Gasteiger partial charge in [-0.3, -0.25) is 20.3 Å². The number of benzene rings is 1. The number of nitrogens with one attached hydrogen (secondary N) is 1. The average Bonchev–Trinajstić information content (AvgIpc) is 2.55. The maximum absolute atomic E-state index is 11.9. The molecule has 0 spiro atoms. The molecule has 144 valence electrons. The molecular formula is C18H28N4O4. The van der Waals surface area contributed by atoms with Gasteiger partial charge in [0.15, 0.2) is 0 Å². The number of nitro benzene ring substituents is 1. The zero-order valence-corrected chi connectivity index (χ0v) is 15.9. The molecule has 1 amide bonds. The number of piperazine rings is 1. The molecule has 0 saturated carbocycles. The van der Waals surface area contributed by atoms with Crippen molar-refractivity contribution in [2.24, 2.45) is 0 Å². The lowest BCUT2D eigenvalue weighted by atomic mass is 10.1. The first-order valence-corrected chi connectivity index (χ1v) is 8.90. The van der Waals surface area contributed by atoms with Gasteiger partial charge in [-0.05, 0) is 38.9 Å². The van der Waals surface area contributed by atoms with Crippen molar-refractivity contribution < 1.29 is 14.5 Å². The SMILES string of the molecule is CCN1CCN(Cc2ccc(NC(=O)OC(C)(C)C)c([N+](=O)[O-])c2)CC1. The minimum atomic E-state index is -0.705. The molecule has 0 unspecified atom stereocenters. The number of carbonyl (C=O) groups is 1. The quantitative estimate of drug-likeness (QED) is 0.638. The fourth-order valence-electron chi connectivity index (χ4n) is 2.87. The average molecular weight is 364 g/mol. The van der Waals surface area contributed by atoms with Crippen LogP contribution in [0.5, 0.6) is 0 Å². The number of nitro groups is 1. The molecule has 1 aliphatic rings. The molecule has 1 N–H and O–H groups in total. The first kappa shape index (κ1) is 20.1. The summed E-state index contributed by atoms with van der Waals surface area (Å²) in [6.07, 6.45) is -0.705. The molecular weight excluding hydrogens is 336 g/mol. The molecule has 1 aliphatic heterocycles. The summed E-state index contributed by atoms with van der Waals surface area (Å²) in [5, 5.41) is 13.9. The maximum atomic E-state index is 11.9. The van der Waals surface area contributed by atoms with E-state index in [0.717, 1.165) is 38.3 Å². The monoisotopic (exact) mass is 364 g/mol. The van der Waals surface area contributed by atoms with Crippen LogP contribution in [0.4, 0.5) is 16.2 Å². The lowest BCUT2D eigenvalue weighted by Gasteiger charge is -2.34. The predicted octanol–water partition coefficient (Wildman–Crippen LogP) is 3.08. The van der Waals surface area contributed by atoms with Crippen LogP contribution in [-0.4, -0.2) is 59.1 Å². The molecule has 2 rings (SSSR count). The highest BCUT2D eigenvalue weighted by Gasteiger charge is 2.22. The van der Waals surface area contributed by atoms with Crippen LogP contribution in [0.1, 0.15) is 33.3 Å². The zero-order chi connectivity index (χ0) is 19.3. The number of hydrogen-bond donors (Lipinski definition) is 1. The second kappa shape index (κ2) is 8.46. The Hall–Kier alpha value is -2.19. The van der Waals surface area contributed by atoms with Gasteiger partial charge < -0.3 is 9.64 Å². The van der Waals surface area contributed by atoms with Crippen molar-refractivity contribution >= 4 is 17.5 Å². The number of rotatable bonds is 5. The van der Waals surface area contributed by atoms with E-state index in [1.54, 1.807) is 26.8 Å². The molecule has 1 fully saturated rings. The van der Waals surface area contributed by atoms with Crippen LogP contribution >= 0.6 is 0 Å². The Morgan fingerprint density at radius 1 is 1.23 bits per heavy atom. The zero-order valence-electron chi connectivity index (χ0n) is 15.9. The Balaban J connectivity index is 2.06. The number of amides is 1. The van der Waals surface area contributed by atoms with Gasteiger partial charge in [-0.25, -0.2) is 4.79 Å². The number of likely N-dealkylation sites (N-methyl/N-ethyl adjacent to an activating group) is 1. The molecule has 0 bridgehead atoms. The van der Waals surface area contributed by atoms with Crippen LogP contribution in [0.2, 0.25) is 0 Å². The third-order valence-corrected chi connectivity index (χ3v) is 4.21. The second-order valence-corrected chi connectivity index (χ2v) is 7.45. The Labute approximate surface area is 154 Å². The summed E-state index contributed by atoms with van der Waals surface area (Å²) in [5.41, 5.74) is 0.208. The molecule has 8 heteroatoms. The summed E-state index contributed by atoms with van der Waals surface area (Å²) in [5.74, 6) is 0. The third kappa shape index (κ3) is 5.96. The smallest absolute Gasteiger partial charge is 0.412 e. The van der Waals surface area contributed by atoms with Crippen molar-refractivity contribution in [3.63, 3.8) is 0 Å². The van der Waals surface area contributed by atoms with E-state index in [9.17, 15) is 14.9 Å². The first-order chi connectivity index (χ1) is 12.2. The van der Waals surface area contributed by atoms with E-state index in [-0.39, 0.29) is 11.4 Å². The van der Waals surface area contributed by atoms with Gasteiger partial charge in [0.05, 0.1) is 4.92 Å². The molecule has 0 radical (unpaired) electrons. The standard InChI is InChI=1S/C18H28N4O4/c1-5-20-8-10-21(11-9-20)13-14-6-7-15(16(12-14)22(24)25)19-17(23)26-18(2,3)4/h6-7,12H,5,8-11,13H2,1-4H3,(H,19,23). The summed E-state index contributed by atoms with van der Waals surface area (Å²) in [6.45, 7) is 13.0. The molecule has 1 heterocycles. The Morgan fingerprint density at radius 2 is 1.85 bits per heavy atom. The van der Waals surface area contributed by atoms with Crippen molar-refractivity contribution in [3.05, 3.63) is 33.9 Å². The molecule has 1 aromatic carbocycles. The van der Waals surface area contributed by atoms with E-state index >= 15 is 0 Å². The molecule has 1 saturated heterocycles. The van der Waals surface area contributed by atoms with E-state index in [4.69, 9.17) is 4.74 Å². The fourth-order valence-corrected chi connectivity index (χ4v) is 2.87. The molecule has 0 aromatic heterocycles. The van der Waals surface area contributed by atoms with E-state index < -0.39 is 16.6 Å². The Kier molecular flexibility index (Phi) is 6.55. The van der Waals surface area contributed by atoms with Gasteiger partial charge >= 0.3 is 6.09 Å². The van der Waals surface area contributed by atoms with Gasteiger partial charge in [0, 0.05) is 38.8 Å². The van der Waals surface area contributed by atoms with Gasteiger partial charge in [-0.15, -0.1) is 0 Å². The number of hydrogen-bond acceptors (Lipinski definition) is 6. The molecule has 0 aliphatic carbocycles. The number of anilines is 1. The summed E-state index contributed by atoms with van der Waals surface area (Å²) >= 11 is 0. The number of nitrogens with zero attached hydrogens (tertiary/aromatic N) is 3. The van der Waals surface area contributed by atoms with Crippen LogP contribution in [0, 0.1) is 10.1 Å². The lowest BCUT2D eigenvalue weighted by Crippen LogP contribution is -2.45. The van der Waals surface area contributed by atoms with Gasteiger partial charge in [-0.2, -0.15) is 0 Å². The topological polar surface area (TPSA) is 88.0 Å². The molecule has 0 atom stereocenters. The Bertz CT molecular complexity index is 649.